The minimum absolute atomic E-state index is 0.180. The van der Waals surface area contributed by atoms with Crippen molar-refractivity contribution in [1.82, 2.24) is 4.90 Å². The summed E-state index contributed by atoms with van der Waals surface area (Å²) in [6.07, 6.45) is 5.12. The van der Waals surface area contributed by atoms with Crippen LogP contribution in [0.2, 0.25) is 0 Å². The van der Waals surface area contributed by atoms with Crippen LogP contribution >= 0.6 is 0 Å². The van der Waals surface area contributed by atoms with Crippen LogP contribution in [0.4, 0.5) is 0 Å². The summed E-state index contributed by atoms with van der Waals surface area (Å²) in [5.74, 6) is 6.16. The molecular formula is C28H33NO2. The van der Waals surface area contributed by atoms with Crippen LogP contribution in [-0.4, -0.2) is 31.1 Å². The molecule has 4 rings (SSSR count). The van der Waals surface area contributed by atoms with Gasteiger partial charge in [-0.15, -0.1) is 0 Å². The highest BCUT2D eigenvalue weighted by molar-refractivity contribution is 5.77. The van der Waals surface area contributed by atoms with E-state index in [1.807, 2.05) is 31.2 Å². The Bertz CT molecular complexity index is 1020. The molecule has 3 nitrogen and oxygen atoms in total. The molecule has 0 spiro atoms. The lowest BCUT2D eigenvalue weighted by molar-refractivity contribution is -0.141. The standard InChI is InChI=1S/C28H33NO2/c1-19(27(30)31-5)22-11-8-20(9-12-22)6-7-21-10-15-24-25(18-21)28(2,3)17-16-26(24)29(4)23-13-14-23/h8-12,15,18-19,23,26H,13-14,16-17H2,1-5H3. The Morgan fingerprint density at radius 2 is 1.71 bits per heavy atom. The molecule has 0 saturated heterocycles. The number of hydrogen-bond acceptors (Lipinski definition) is 3. The van der Waals surface area contributed by atoms with Gasteiger partial charge in [0.2, 0.25) is 0 Å². The average Bonchev–Trinajstić information content (AvgIpc) is 3.62. The van der Waals surface area contributed by atoms with Crippen LogP contribution in [0.1, 0.15) is 86.2 Å². The van der Waals surface area contributed by atoms with E-state index in [0.717, 1.165) is 22.7 Å². The predicted octanol–water partition coefficient (Wildman–Crippen LogP) is 5.57. The fourth-order valence-corrected chi connectivity index (χ4v) is 4.77. The fraction of sp³-hybridized carbons (Fsp3) is 0.464. The maximum atomic E-state index is 11.7. The third kappa shape index (κ3) is 4.55. The number of carbonyl (C=O) groups is 1. The van der Waals surface area contributed by atoms with Crippen molar-refractivity contribution in [3.63, 3.8) is 0 Å². The monoisotopic (exact) mass is 415 g/mol. The first kappa shape index (κ1) is 21.7. The van der Waals surface area contributed by atoms with Crippen molar-refractivity contribution in [2.24, 2.45) is 0 Å². The molecule has 31 heavy (non-hydrogen) atoms. The van der Waals surface area contributed by atoms with E-state index in [1.54, 1.807) is 0 Å². The van der Waals surface area contributed by atoms with Gasteiger partial charge in [0.15, 0.2) is 0 Å². The largest absolute Gasteiger partial charge is 0.469 e. The van der Waals surface area contributed by atoms with Crippen LogP contribution in [0.5, 0.6) is 0 Å². The van der Waals surface area contributed by atoms with Crippen molar-refractivity contribution >= 4 is 5.97 Å². The lowest BCUT2D eigenvalue weighted by Gasteiger charge is -2.41. The maximum Gasteiger partial charge on any atom is 0.312 e. The maximum absolute atomic E-state index is 11.7. The van der Waals surface area contributed by atoms with E-state index in [1.165, 1.54) is 43.9 Å². The zero-order chi connectivity index (χ0) is 22.2. The topological polar surface area (TPSA) is 29.5 Å². The zero-order valence-corrected chi connectivity index (χ0v) is 19.4. The van der Waals surface area contributed by atoms with Gasteiger partial charge in [-0.3, -0.25) is 9.69 Å². The van der Waals surface area contributed by atoms with Gasteiger partial charge in [0.1, 0.15) is 0 Å². The van der Waals surface area contributed by atoms with Gasteiger partial charge >= 0.3 is 5.97 Å². The highest BCUT2D eigenvalue weighted by atomic mass is 16.5. The molecule has 1 fully saturated rings. The molecule has 2 atom stereocenters. The van der Waals surface area contributed by atoms with Crippen molar-refractivity contribution in [2.45, 2.75) is 69.9 Å². The van der Waals surface area contributed by atoms with Gasteiger partial charge in [-0.2, -0.15) is 0 Å². The second-order valence-corrected chi connectivity index (χ2v) is 9.75. The highest BCUT2D eigenvalue weighted by Gasteiger charge is 2.38. The van der Waals surface area contributed by atoms with Crippen LogP contribution in [0.25, 0.3) is 0 Å². The molecule has 0 aliphatic heterocycles. The molecule has 0 bridgehead atoms. The first-order valence-electron chi connectivity index (χ1n) is 11.4. The molecule has 1 saturated carbocycles. The van der Waals surface area contributed by atoms with Crippen molar-refractivity contribution < 1.29 is 9.53 Å². The second-order valence-electron chi connectivity index (χ2n) is 9.75. The summed E-state index contributed by atoms with van der Waals surface area (Å²) in [5, 5.41) is 0. The fourth-order valence-electron chi connectivity index (χ4n) is 4.77. The molecule has 0 heterocycles. The number of rotatable bonds is 4. The van der Waals surface area contributed by atoms with Gasteiger partial charge in [-0.1, -0.05) is 43.9 Å². The minimum Gasteiger partial charge on any atom is -0.469 e. The number of ether oxygens (including phenoxy) is 1. The van der Waals surface area contributed by atoms with E-state index in [9.17, 15) is 4.79 Å². The molecule has 0 N–H and O–H groups in total. The number of carbonyl (C=O) groups excluding carboxylic acids is 1. The van der Waals surface area contributed by atoms with Crippen molar-refractivity contribution in [2.75, 3.05) is 14.2 Å². The zero-order valence-electron chi connectivity index (χ0n) is 19.4. The molecule has 0 aromatic heterocycles. The molecule has 2 unspecified atom stereocenters. The summed E-state index contributed by atoms with van der Waals surface area (Å²) >= 11 is 0. The Hall–Kier alpha value is -2.57. The number of methoxy groups -OCH3 is 1. The van der Waals surface area contributed by atoms with E-state index in [-0.39, 0.29) is 17.3 Å². The van der Waals surface area contributed by atoms with Crippen molar-refractivity contribution in [3.8, 4) is 11.8 Å². The van der Waals surface area contributed by atoms with E-state index in [0.29, 0.717) is 6.04 Å². The van der Waals surface area contributed by atoms with Crippen LogP contribution in [0.3, 0.4) is 0 Å². The van der Waals surface area contributed by atoms with Crippen molar-refractivity contribution in [3.05, 3.63) is 70.3 Å². The van der Waals surface area contributed by atoms with Gasteiger partial charge in [0, 0.05) is 23.2 Å². The Morgan fingerprint density at radius 1 is 1.06 bits per heavy atom. The summed E-state index contributed by atoms with van der Waals surface area (Å²) < 4.78 is 4.83. The third-order valence-electron chi connectivity index (χ3n) is 7.12. The van der Waals surface area contributed by atoms with Gasteiger partial charge in [-0.25, -0.2) is 0 Å². The summed E-state index contributed by atoms with van der Waals surface area (Å²) in [6.45, 7) is 6.57. The van der Waals surface area contributed by atoms with E-state index >= 15 is 0 Å². The van der Waals surface area contributed by atoms with E-state index in [4.69, 9.17) is 4.74 Å². The molecule has 162 valence electrons. The summed E-state index contributed by atoms with van der Waals surface area (Å²) in [7, 11) is 3.72. The number of nitrogens with zero attached hydrogens (tertiary/aromatic N) is 1. The second kappa shape index (κ2) is 8.52. The Kier molecular flexibility index (Phi) is 5.95. The molecule has 0 amide bonds. The van der Waals surface area contributed by atoms with E-state index < -0.39 is 0 Å². The van der Waals surface area contributed by atoms with Gasteiger partial charge in [-0.05, 0) is 86.0 Å². The lowest BCUT2D eigenvalue weighted by atomic mass is 9.70. The first-order valence-corrected chi connectivity index (χ1v) is 11.4. The first-order chi connectivity index (χ1) is 14.8. The number of fused-ring (bicyclic) bond motifs is 1. The molecule has 2 aromatic carbocycles. The quantitative estimate of drug-likeness (QED) is 0.483. The number of esters is 1. The van der Waals surface area contributed by atoms with Crippen LogP contribution < -0.4 is 0 Å². The molecule has 2 aliphatic carbocycles. The van der Waals surface area contributed by atoms with Crippen molar-refractivity contribution in [1.29, 1.82) is 0 Å². The Morgan fingerprint density at radius 3 is 2.35 bits per heavy atom. The normalized spacial score (nSPS) is 20.4. The molecule has 3 heteroatoms. The predicted molar refractivity (Wildman–Crippen MR) is 125 cm³/mol. The minimum atomic E-state index is -0.267. The highest BCUT2D eigenvalue weighted by Crippen LogP contribution is 2.46. The SMILES string of the molecule is COC(=O)C(C)c1ccc(C#Cc2ccc3c(c2)C(C)(C)CCC3N(C)C2CC2)cc1. The summed E-state index contributed by atoms with van der Waals surface area (Å²) in [5.41, 5.74) is 6.07. The van der Waals surface area contributed by atoms with Gasteiger partial charge < -0.3 is 4.74 Å². The van der Waals surface area contributed by atoms with Crippen LogP contribution in [-0.2, 0) is 14.9 Å². The van der Waals surface area contributed by atoms with Gasteiger partial charge in [0.25, 0.3) is 0 Å². The summed E-state index contributed by atoms with van der Waals surface area (Å²) in [4.78, 5) is 14.3. The number of benzene rings is 2. The molecular weight excluding hydrogens is 382 g/mol. The Balaban J connectivity index is 1.57. The average molecular weight is 416 g/mol. The Labute approximate surface area is 186 Å². The molecule has 0 radical (unpaired) electrons. The van der Waals surface area contributed by atoms with Gasteiger partial charge in [0.05, 0.1) is 13.0 Å². The summed E-state index contributed by atoms with van der Waals surface area (Å²) in [6, 6.07) is 16.0. The molecule has 2 aromatic rings. The van der Waals surface area contributed by atoms with E-state index in [2.05, 4.69) is 55.8 Å². The smallest absolute Gasteiger partial charge is 0.312 e. The lowest BCUT2D eigenvalue weighted by Crippen LogP contribution is -2.35. The number of hydrogen-bond donors (Lipinski definition) is 0. The molecule has 2 aliphatic rings. The van der Waals surface area contributed by atoms with Crippen LogP contribution in [0, 0.1) is 11.8 Å². The van der Waals surface area contributed by atoms with Crippen LogP contribution in [0.15, 0.2) is 42.5 Å². The third-order valence-corrected chi connectivity index (χ3v) is 7.12.